The topological polar surface area (TPSA) is 96.0 Å². The number of fused-ring (bicyclic) bond motifs is 1. The average Bonchev–Trinajstić information content (AvgIpc) is 3.46. The van der Waals surface area contributed by atoms with Crippen LogP contribution in [0.2, 0.25) is 0 Å². The van der Waals surface area contributed by atoms with Crippen LogP contribution in [0.15, 0.2) is 18.6 Å². The van der Waals surface area contributed by atoms with Crippen molar-refractivity contribution in [2.45, 2.75) is 44.8 Å². The molecular weight excluding hydrogens is 356 g/mol. The maximum absolute atomic E-state index is 12.4. The number of aromatic amines is 1. The molecule has 3 aliphatic heterocycles. The highest BCUT2D eigenvalue weighted by molar-refractivity contribution is 5.92. The second kappa shape index (κ2) is 6.55. The number of carbonyl (C=O) groups excluding carboxylic acids is 1. The summed E-state index contributed by atoms with van der Waals surface area (Å²) in [6.45, 7) is 6.28. The van der Waals surface area contributed by atoms with E-state index in [1.807, 2.05) is 19.3 Å². The van der Waals surface area contributed by atoms with Crippen LogP contribution in [0.5, 0.6) is 0 Å². The number of aromatic nitrogens is 4. The van der Waals surface area contributed by atoms with Crippen molar-refractivity contribution in [1.29, 1.82) is 0 Å². The summed E-state index contributed by atoms with van der Waals surface area (Å²) in [5.74, 6) is 2.13. The van der Waals surface area contributed by atoms with Crippen LogP contribution in [0, 0.1) is 18.8 Å². The Morgan fingerprint density at radius 2 is 2.18 bits per heavy atom. The van der Waals surface area contributed by atoms with Crippen LogP contribution >= 0.6 is 0 Å². The Morgan fingerprint density at radius 1 is 1.36 bits per heavy atom. The molecule has 0 unspecified atom stereocenters. The lowest BCUT2D eigenvalue weighted by Gasteiger charge is -2.29. The van der Waals surface area contributed by atoms with E-state index >= 15 is 0 Å². The summed E-state index contributed by atoms with van der Waals surface area (Å²) in [7, 11) is 0. The predicted octanol–water partition coefficient (Wildman–Crippen LogP) is 1.48. The van der Waals surface area contributed by atoms with Crippen LogP contribution in [-0.2, 0) is 11.2 Å². The van der Waals surface area contributed by atoms with E-state index in [2.05, 4.69) is 37.1 Å². The molecule has 1 spiro atoms. The highest BCUT2D eigenvalue weighted by Crippen LogP contribution is 2.54. The number of H-pyrrole nitrogens is 1. The van der Waals surface area contributed by atoms with Crippen molar-refractivity contribution in [2.75, 3.05) is 24.5 Å². The first-order valence-corrected chi connectivity index (χ1v) is 10.1. The minimum Gasteiger partial charge on any atom is -0.369 e. The molecule has 0 radical (unpaired) electrons. The molecule has 2 bridgehead atoms. The summed E-state index contributed by atoms with van der Waals surface area (Å²) in [6, 6.07) is 0. The molecule has 2 aromatic rings. The van der Waals surface area contributed by atoms with Gasteiger partial charge in [-0.2, -0.15) is 0 Å². The molecule has 3 fully saturated rings. The minimum atomic E-state index is -0.114. The van der Waals surface area contributed by atoms with Gasteiger partial charge in [-0.25, -0.2) is 15.0 Å². The van der Waals surface area contributed by atoms with E-state index in [1.165, 1.54) is 0 Å². The number of hydrogen-bond donors (Lipinski definition) is 2. The third kappa shape index (κ3) is 2.78. The molecule has 0 aliphatic carbocycles. The Kier molecular flexibility index (Phi) is 4.12. The standard InChI is InChI=1S/C20H26N6O2/c1-3-13-6-23-19(24-7-13)26-10-15-14(17-4-5-20(15,11-26)28-17)8-22-18(27)16-9-21-12(2)25-16/h6-7,9,14-15,17H,3-5,8,10-11H2,1-2H3,(H,21,25)(H,22,27)/t14-,15+,17+,20+/m0/s1. The molecule has 0 saturated carbocycles. The van der Waals surface area contributed by atoms with E-state index in [4.69, 9.17) is 4.74 Å². The molecule has 5 heterocycles. The Bertz CT molecular complexity index is 881. The fourth-order valence-corrected chi connectivity index (χ4v) is 5.15. The van der Waals surface area contributed by atoms with Crippen molar-refractivity contribution in [1.82, 2.24) is 25.3 Å². The van der Waals surface area contributed by atoms with Crippen LogP contribution in [0.4, 0.5) is 5.95 Å². The summed E-state index contributed by atoms with van der Waals surface area (Å²) in [5.41, 5.74) is 1.54. The summed E-state index contributed by atoms with van der Waals surface area (Å²) < 4.78 is 6.47. The highest BCUT2D eigenvalue weighted by atomic mass is 16.5. The number of rotatable bonds is 5. The van der Waals surface area contributed by atoms with Crippen molar-refractivity contribution in [3.63, 3.8) is 0 Å². The number of amides is 1. The fourth-order valence-electron chi connectivity index (χ4n) is 5.15. The maximum atomic E-state index is 12.4. The van der Waals surface area contributed by atoms with E-state index < -0.39 is 0 Å². The molecule has 148 valence electrons. The predicted molar refractivity (Wildman–Crippen MR) is 103 cm³/mol. The monoisotopic (exact) mass is 382 g/mol. The van der Waals surface area contributed by atoms with Gasteiger partial charge in [-0.3, -0.25) is 4.79 Å². The summed E-state index contributed by atoms with van der Waals surface area (Å²) in [4.78, 5) is 30.9. The molecule has 3 saturated heterocycles. The van der Waals surface area contributed by atoms with Crippen LogP contribution in [0.1, 0.15) is 41.6 Å². The van der Waals surface area contributed by atoms with Gasteiger partial charge >= 0.3 is 0 Å². The quantitative estimate of drug-likeness (QED) is 0.813. The van der Waals surface area contributed by atoms with Crippen molar-refractivity contribution in [3.05, 3.63) is 35.7 Å². The number of ether oxygens (including phenoxy) is 1. The zero-order valence-electron chi connectivity index (χ0n) is 16.3. The number of carbonyl (C=O) groups is 1. The first-order chi connectivity index (χ1) is 13.6. The lowest BCUT2D eigenvalue weighted by atomic mass is 9.73. The molecule has 3 aliphatic rings. The average molecular weight is 382 g/mol. The van der Waals surface area contributed by atoms with Gasteiger partial charge in [0.1, 0.15) is 11.5 Å². The molecule has 2 N–H and O–H groups in total. The number of nitrogens with one attached hydrogen (secondary N) is 2. The van der Waals surface area contributed by atoms with E-state index in [9.17, 15) is 4.79 Å². The van der Waals surface area contributed by atoms with Crippen molar-refractivity contribution >= 4 is 11.9 Å². The van der Waals surface area contributed by atoms with Crippen molar-refractivity contribution < 1.29 is 9.53 Å². The molecule has 5 rings (SSSR count). The maximum Gasteiger partial charge on any atom is 0.269 e. The zero-order chi connectivity index (χ0) is 19.3. The van der Waals surface area contributed by atoms with Gasteiger partial charge in [-0.15, -0.1) is 0 Å². The molecular formula is C20H26N6O2. The largest absolute Gasteiger partial charge is 0.369 e. The molecule has 1 amide bonds. The van der Waals surface area contributed by atoms with Crippen LogP contribution < -0.4 is 10.2 Å². The number of aryl methyl sites for hydroxylation is 2. The second-order valence-electron chi connectivity index (χ2n) is 8.25. The second-order valence-corrected chi connectivity index (χ2v) is 8.25. The third-order valence-electron chi connectivity index (χ3n) is 6.61. The molecule has 0 aromatic carbocycles. The van der Waals surface area contributed by atoms with Crippen LogP contribution in [0.25, 0.3) is 0 Å². The zero-order valence-corrected chi connectivity index (χ0v) is 16.3. The summed E-state index contributed by atoms with van der Waals surface area (Å²) in [6.07, 6.45) is 8.72. The van der Waals surface area contributed by atoms with E-state index in [0.29, 0.717) is 24.1 Å². The van der Waals surface area contributed by atoms with Crippen molar-refractivity contribution in [2.24, 2.45) is 11.8 Å². The van der Waals surface area contributed by atoms with Gasteiger partial charge in [-0.05, 0) is 31.7 Å². The lowest BCUT2D eigenvalue weighted by Crippen LogP contribution is -2.42. The van der Waals surface area contributed by atoms with Gasteiger partial charge in [0, 0.05) is 37.3 Å². The fraction of sp³-hybridized carbons (Fsp3) is 0.600. The molecule has 8 heteroatoms. The third-order valence-corrected chi connectivity index (χ3v) is 6.61. The Morgan fingerprint density at radius 3 is 2.89 bits per heavy atom. The number of hydrogen-bond acceptors (Lipinski definition) is 6. The molecule has 2 aromatic heterocycles. The smallest absolute Gasteiger partial charge is 0.269 e. The minimum absolute atomic E-state index is 0.106. The number of nitrogens with zero attached hydrogens (tertiary/aromatic N) is 4. The SMILES string of the molecule is CCc1cnc(N2C[C@@H]3[C@H](CNC(=O)c4cnc(C)[nH]4)[C@H]4CC[C@]3(C2)O4)nc1. The Labute approximate surface area is 164 Å². The van der Waals surface area contributed by atoms with Crippen molar-refractivity contribution in [3.8, 4) is 0 Å². The number of anilines is 1. The molecule has 8 nitrogen and oxygen atoms in total. The van der Waals surface area contributed by atoms with E-state index in [-0.39, 0.29) is 17.6 Å². The normalized spacial score (nSPS) is 30.6. The van der Waals surface area contributed by atoms with E-state index in [1.54, 1.807) is 6.20 Å². The Hall–Kier alpha value is -2.48. The van der Waals surface area contributed by atoms with E-state index in [0.717, 1.165) is 49.7 Å². The lowest BCUT2D eigenvalue weighted by molar-refractivity contribution is 0.0141. The highest BCUT2D eigenvalue weighted by Gasteiger charge is 2.63. The summed E-state index contributed by atoms with van der Waals surface area (Å²) >= 11 is 0. The first kappa shape index (κ1) is 17.6. The van der Waals surface area contributed by atoms with Gasteiger partial charge in [0.05, 0.1) is 24.4 Å². The van der Waals surface area contributed by atoms with Crippen LogP contribution in [-0.4, -0.2) is 57.2 Å². The van der Waals surface area contributed by atoms with Gasteiger partial charge in [0.2, 0.25) is 5.95 Å². The molecule has 4 atom stereocenters. The van der Waals surface area contributed by atoms with Gasteiger partial charge < -0.3 is 19.9 Å². The van der Waals surface area contributed by atoms with Gasteiger partial charge in [0.15, 0.2) is 0 Å². The van der Waals surface area contributed by atoms with Gasteiger partial charge in [0.25, 0.3) is 5.91 Å². The van der Waals surface area contributed by atoms with Crippen LogP contribution in [0.3, 0.4) is 0 Å². The van der Waals surface area contributed by atoms with Gasteiger partial charge in [-0.1, -0.05) is 6.92 Å². The molecule has 28 heavy (non-hydrogen) atoms. The first-order valence-electron chi connectivity index (χ1n) is 10.1. The summed E-state index contributed by atoms with van der Waals surface area (Å²) in [5, 5.41) is 3.08. The number of imidazole rings is 1. The Balaban J connectivity index is 1.28.